The number of hydrogen-bond acceptors (Lipinski definition) is 5. The van der Waals surface area contributed by atoms with Gasteiger partial charge in [0.05, 0.1) is 24.2 Å². The molecular weight excluding hydrogens is 228 g/mol. The maximum atomic E-state index is 4.91. The van der Waals surface area contributed by atoms with E-state index in [1.807, 2.05) is 12.3 Å². The van der Waals surface area contributed by atoms with Crippen molar-refractivity contribution in [1.29, 1.82) is 0 Å². The molecular formula is C13H14N4O. The molecule has 18 heavy (non-hydrogen) atoms. The molecule has 2 aromatic rings. The Morgan fingerprint density at radius 2 is 2.22 bits per heavy atom. The van der Waals surface area contributed by atoms with Gasteiger partial charge in [0.25, 0.3) is 0 Å². The van der Waals surface area contributed by atoms with Crippen molar-refractivity contribution in [2.45, 2.75) is 25.7 Å². The zero-order valence-corrected chi connectivity index (χ0v) is 10.0. The van der Waals surface area contributed by atoms with E-state index in [0.29, 0.717) is 0 Å². The van der Waals surface area contributed by atoms with Gasteiger partial charge in [0, 0.05) is 11.8 Å². The van der Waals surface area contributed by atoms with E-state index in [0.717, 1.165) is 31.0 Å². The number of rotatable bonds is 1. The van der Waals surface area contributed by atoms with Crippen LogP contribution in [-0.2, 0) is 12.8 Å². The first-order valence-corrected chi connectivity index (χ1v) is 6.36. The molecule has 0 aromatic carbocycles. The van der Waals surface area contributed by atoms with Gasteiger partial charge >= 0.3 is 0 Å². The van der Waals surface area contributed by atoms with Gasteiger partial charge in [-0.2, -0.15) is 0 Å². The van der Waals surface area contributed by atoms with Crippen LogP contribution in [0.25, 0.3) is 0 Å². The Bertz CT molecular complexity index is 579. The molecule has 0 atom stereocenters. The Kier molecular flexibility index (Phi) is 2.06. The summed E-state index contributed by atoms with van der Waals surface area (Å²) >= 11 is 0. The third kappa shape index (κ3) is 1.33. The molecule has 0 saturated carbocycles. The first-order chi connectivity index (χ1) is 8.93. The molecule has 0 radical (unpaired) electrons. The third-order valence-corrected chi connectivity index (χ3v) is 3.74. The number of hydrogen-bond donors (Lipinski definition) is 1. The SMILES string of the molecule is c1cc(N2CNc3c2cnc2c3CCCC2)no1. The molecule has 0 saturated heterocycles. The standard InChI is InChI=1S/C13H14N4O/c1-2-4-10-9(3-1)13-11(7-14-10)17(8-15-13)12-5-6-18-16-12/h5-7,15H,1-4,8H2. The summed E-state index contributed by atoms with van der Waals surface area (Å²) in [6.45, 7) is 0.736. The molecule has 3 heterocycles. The second-order valence-corrected chi connectivity index (χ2v) is 4.77. The minimum Gasteiger partial charge on any atom is -0.365 e. The van der Waals surface area contributed by atoms with Gasteiger partial charge in [-0.15, -0.1) is 0 Å². The van der Waals surface area contributed by atoms with Gasteiger partial charge in [0.2, 0.25) is 0 Å². The molecule has 0 bridgehead atoms. The highest BCUT2D eigenvalue weighted by Crippen LogP contribution is 2.40. The lowest BCUT2D eigenvalue weighted by atomic mass is 9.94. The van der Waals surface area contributed by atoms with Gasteiger partial charge in [0.15, 0.2) is 5.82 Å². The minimum absolute atomic E-state index is 0.736. The van der Waals surface area contributed by atoms with Crippen molar-refractivity contribution in [2.75, 3.05) is 16.9 Å². The number of anilines is 3. The quantitative estimate of drug-likeness (QED) is 0.832. The molecule has 4 rings (SSSR count). The summed E-state index contributed by atoms with van der Waals surface area (Å²) in [5.74, 6) is 0.832. The van der Waals surface area contributed by atoms with E-state index < -0.39 is 0 Å². The van der Waals surface area contributed by atoms with Crippen molar-refractivity contribution in [2.24, 2.45) is 0 Å². The van der Waals surface area contributed by atoms with E-state index in [-0.39, 0.29) is 0 Å². The zero-order chi connectivity index (χ0) is 11.9. The highest BCUT2D eigenvalue weighted by atomic mass is 16.5. The minimum atomic E-state index is 0.736. The van der Waals surface area contributed by atoms with Crippen LogP contribution in [0.3, 0.4) is 0 Å². The Morgan fingerprint density at radius 3 is 3.11 bits per heavy atom. The van der Waals surface area contributed by atoms with Gasteiger partial charge in [-0.1, -0.05) is 5.16 Å². The molecule has 2 aromatic heterocycles. The molecule has 0 unspecified atom stereocenters. The number of nitrogens with zero attached hydrogens (tertiary/aromatic N) is 3. The molecule has 1 aliphatic heterocycles. The molecule has 92 valence electrons. The summed E-state index contributed by atoms with van der Waals surface area (Å²) in [6.07, 6.45) is 8.30. The maximum absolute atomic E-state index is 4.91. The molecule has 2 aliphatic rings. The van der Waals surface area contributed by atoms with Crippen LogP contribution < -0.4 is 10.2 Å². The summed E-state index contributed by atoms with van der Waals surface area (Å²) in [4.78, 5) is 6.71. The van der Waals surface area contributed by atoms with E-state index in [1.54, 1.807) is 6.26 Å². The lowest BCUT2D eigenvalue weighted by molar-refractivity contribution is 0.421. The van der Waals surface area contributed by atoms with Crippen LogP contribution in [0, 0.1) is 0 Å². The monoisotopic (exact) mass is 242 g/mol. The topological polar surface area (TPSA) is 54.2 Å². The fourth-order valence-corrected chi connectivity index (χ4v) is 2.85. The average Bonchev–Trinajstić information content (AvgIpc) is 3.07. The molecule has 1 N–H and O–H groups in total. The number of fused-ring (bicyclic) bond motifs is 3. The highest BCUT2D eigenvalue weighted by molar-refractivity contribution is 5.82. The van der Waals surface area contributed by atoms with Crippen LogP contribution >= 0.6 is 0 Å². The molecule has 1 aliphatic carbocycles. The van der Waals surface area contributed by atoms with Crippen molar-refractivity contribution >= 4 is 17.2 Å². The summed E-state index contributed by atoms with van der Waals surface area (Å²) in [6, 6.07) is 1.87. The average molecular weight is 242 g/mol. The van der Waals surface area contributed by atoms with Gasteiger partial charge in [-0.05, 0) is 31.2 Å². The number of nitrogens with one attached hydrogen (secondary N) is 1. The Balaban J connectivity index is 1.82. The van der Waals surface area contributed by atoms with Gasteiger partial charge in [-0.3, -0.25) is 4.98 Å². The van der Waals surface area contributed by atoms with E-state index >= 15 is 0 Å². The Labute approximate surface area is 105 Å². The van der Waals surface area contributed by atoms with E-state index in [2.05, 4.69) is 20.4 Å². The van der Waals surface area contributed by atoms with E-state index in [9.17, 15) is 0 Å². The van der Waals surface area contributed by atoms with Crippen LogP contribution in [0.2, 0.25) is 0 Å². The zero-order valence-electron chi connectivity index (χ0n) is 10.0. The van der Waals surface area contributed by atoms with Crippen LogP contribution in [-0.4, -0.2) is 16.8 Å². The summed E-state index contributed by atoms with van der Waals surface area (Å²) in [7, 11) is 0. The smallest absolute Gasteiger partial charge is 0.177 e. The number of pyridine rings is 1. The Morgan fingerprint density at radius 1 is 1.28 bits per heavy atom. The predicted octanol–water partition coefficient (Wildman–Crippen LogP) is 2.47. The van der Waals surface area contributed by atoms with Crippen LogP contribution in [0.15, 0.2) is 23.0 Å². The second kappa shape index (κ2) is 3.73. The molecule has 0 fully saturated rings. The highest BCUT2D eigenvalue weighted by Gasteiger charge is 2.27. The first-order valence-electron chi connectivity index (χ1n) is 6.36. The second-order valence-electron chi connectivity index (χ2n) is 4.77. The van der Waals surface area contributed by atoms with Crippen molar-refractivity contribution in [3.8, 4) is 0 Å². The summed E-state index contributed by atoms with van der Waals surface area (Å²) in [5.41, 5.74) is 5.01. The predicted molar refractivity (Wildman–Crippen MR) is 68.0 cm³/mol. The summed E-state index contributed by atoms with van der Waals surface area (Å²) < 4.78 is 4.91. The van der Waals surface area contributed by atoms with Gasteiger partial charge in [0.1, 0.15) is 6.26 Å². The van der Waals surface area contributed by atoms with Crippen LogP contribution in [0.4, 0.5) is 17.2 Å². The normalized spacial score (nSPS) is 17.2. The maximum Gasteiger partial charge on any atom is 0.177 e. The summed E-state index contributed by atoms with van der Waals surface area (Å²) in [5, 5.41) is 7.46. The van der Waals surface area contributed by atoms with Crippen molar-refractivity contribution in [3.63, 3.8) is 0 Å². The largest absolute Gasteiger partial charge is 0.365 e. The molecule has 0 amide bonds. The van der Waals surface area contributed by atoms with Gasteiger partial charge in [-0.25, -0.2) is 0 Å². The Hall–Kier alpha value is -2.04. The van der Waals surface area contributed by atoms with E-state index in [1.165, 1.54) is 29.8 Å². The fraction of sp³-hybridized carbons (Fsp3) is 0.385. The first kappa shape index (κ1) is 9.94. The van der Waals surface area contributed by atoms with Crippen molar-refractivity contribution in [1.82, 2.24) is 10.1 Å². The van der Waals surface area contributed by atoms with Crippen LogP contribution in [0.1, 0.15) is 24.1 Å². The van der Waals surface area contributed by atoms with Gasteiger partial charge < -0.3 is 14.7 Å². The van der Waals surface area contributed by atoms with Crippen molar-refractivity contribution in [3.05, 3.63) is 29.8 Å². The lowest BCUT2D eigenvalue weighted by Crippen LogP contribution is -2.16. The molecule has 5 heteroatoms. The molecule has 0 spiro atoms. The van der Waals surface area contributed by atoms with E-state index in [4.69, 9.17) is 4.52 Å². The number of aryl methyl sites for hydroxylation is 1. The number of aromatic nitrogens is 2. The fourth-order valence-electron chi connectivity index (χ4n) is 2.85. The van der Waals surface area contributed by atoms with Crippen LogP contribution in [0.5, 0.6) is 0 Å². The molecule has 5 nitrogen and oxygen atoms in total. The lowest BCUT2D eigenvalue weighted by Gasteiger charge is -2.18. The third-order valence-electron chi connectivity index (χ3n) is 3.74. The van der Waals surface area contributed by atoms with Crippen molar-refractivity contribution < 1.29 is 4.52 Å².